The zero-order chi connectivity index (χ0) is 19.1. The van der Waals surface area contributed by atoms with Crippen LogP contribution >= 0.6 is 23.1 Å². The molecule has 14 heteroatoms. The molecule has 0 aromatic carbocycles. The highest BCUT2D eigenvalue weighted by molar-refractivity contribution is 8.00. The summed E-state index contributed by atoms with van der Waals surface area (Å²) in [5.74, 6) is -0.0519. The monoisotopic (exact) mass is 407 g/mol. The number of carbonyl (C=O) groups is 2. The molecule has 0 unspecified atom stereocenters. The summed E-state index contributed by atoms with van der Waals surface area (Å²) < 4.78 is 0. The van der Waals surface area contributed by atoms with Crippen molar-refractivity contribution in [1.82, 2.24) is 35.8 Å². The lowest BCUT2D eigenvalue weighted by Gasteiger charge is -2.49. The lowest BCUT2D eigenvalue weighted by molar-refractivity contribution is -0.142. The number of fused-ring (bicyclic) bond motifs is 1. The number of nitrogens with zero attached hydrogens (tertiary/aromatic N) is 6. The number of oxime groups is 1. The molecule has 0 bridgehead atoms. The number of β-lactam (4-membered cyclic amide) rings is 1. The molecule has 2 atom stereocenters. The average Bonchev–Trinajstić information content (AvgIpc) is 3.32. The third-order valence-corrected chi connectivity index (χ3v) is 6.18. The van der Waals surface area contributed by atoms with Gasteiger partial charge in [0.15, 0.2) is 10.8 Å². The Hall–Kier alpha value is -3.00. The molecule has 0 aliphatic carbocycles. The van der Waals surface area contributed by atoms with Gasteiger partial charge in [0.05, 0.1) is 5.70 Å². The second-order valence-electron chi connectivity index (χ2n) is 5.74. The number of carbonyl (C=O) groups excluding carboxylic acids is 2. The molecule has 5 N–H and O–H groups in total. The predicted octanol–water partition coefficient (Wildman–Crippen LogP) is -0.752. The van der Waals surface area contributed by atoms with Crippen LogP contribution in [0.5, 0.6) is 0 Å². The number of aromatic nitrogens is 5. The fraction of sp³-hybridized carbons (Fsp3) is 0.308. The Balaban J connectivity index is 1.53. The van der Waals surface area contributed by atoms with Crippen molar-refractivity contribution >= 4 is 51.5 Å². The van der Waals surface area contributed by atoms with E-state index in [1.807, 2.05) is 6.92 Å². The normalized spacial score (nSPS) is 22.5. The van der Waals surface area contributed by atoms with Gasteiger partial charge in [0.25, 0.3) is 11.8 Å². The van der Waals surface area contributed by atoms with E-state index in [2.05, 4.69) is 36.1 Å². The first kappa shape index (κ1) is 17.4. The molecule has 12 nitrogen and oxygen atoms in total. The van der Waals surface area contributed by atoms with E-state index in [4.69, 9.17) is 5.73 Å². The van der Waals surface area contributed by atoms with Crippen LogP contribution in [-0.4, -0.2) is 70.4 Å². The SMILES string of the molecule is CC1=C(c2nn[nH]n2)N2C(=O)[C@@H](NC(=O)/C(=N/O)c3csc(N)n3)[C@H]2SC1. The van der Waals surface area contributed by atoms with Gasteiger partial charge in [0.1, 0.15) is 17.1 Å². The van der Waals surface area contributed by atoms with Crippen molar-refractivity contribution < 1.29 is 14.8 Å². The van der Waals surface area contributed by atoms with Crippen LogP contribution in [0.4, 0.5) is 5.13 Å². The molecule has 0 radical (unpaired) electrons. The van der Waals surface area contributed by atoms with Crippen molar-refractivity contribution in [3.63, 3.8) is 0 Å². The molecule has 140 valence electrons. The van der Waals surface area contributed by atoms with Crippen LogP contribution < -0.4 is 11.1 Å². The first-order valence-electron chi connectivity index (χ1n) is 7.63. The number of nitrogens with two attached hydrogens (primary N) is 1. The number of amides is 2. The molecular weight excluding hydrogens is 394 g/mol. The fourth-order valence-corrected chi connectivity index (χ4v) is 4.71. The van der Waals surface area contributed by atoms with E-state index in [0.717, 1.165) is 16.9 Å². The maximum atomic E-state index is 12.7. The van der Waals surface area contributed by atoms with E-state index in [0.29, 0.717) is 17.3 Å². The first-order valence-corrected chi connectivity index (χ1v) is 9.56. The molecule has 0 saturated carbocycles. The number of anilines is 1. The Labute approximate surface area is 159 Å². The Morgan fingerprint density at radius 2 is 2.37 bits per heavy atom. The molecular formula is C13H13N9O3S2. The molecule has 1 fully saturated rings. The molecule has 2 aromatic rings. The van der Waals surface area contributed by atoms with Crippen molar-refractivity contribution in [3.8, 4) is 0 Å². The summed E-state index contributed by atoms with van der Waals surface area (Å²) in [5.41, 5.74) is 6.90. The summed E-state index contributed by atoms with van der Waals surface area (Å²) >= 11 is 2.61. The van der Waals surface area contributed by atoms with Gasteiger partial charge in [-0.25, -0.2) is 4.98 Å². The zero-order valence-corrected chi connectivity index (χ0v) is 15.4. The van der Waals surface area contributed by atoms with Gasteiger partial charge in [-0.15, -0.1) is 33.3 Å². The van der Waals surface area contributed by atoms with Gasteiger partial charge in [-0.3, -0.25) is 14.5 Å². The molecule has 27 heavy (non-hydrogen) atoms. The highest BCUT2D eigenvalue weighted by atomic mass is 32.2. The van der Waals surface area contributed by atoms with Crippen LogP contribution in [0.25, 0.3) is 5.70 Å². The fourth-order valence-electron chi connectivity index (χ4n) is 2.87. The van der Waals surface area contributed by atoms with Gasteiger partial charge < -0.3 is 16.3 Å². The molecule has 4 heterocycles. The van der Waals surface area contributed by atoms with Crippen LogP contribution in [0.2, 0.25) is 0 Å². The van der Waals surface area contributed by atoms with Gasteiger partial charge in [-0.05, 0) is 17.7 Å². The van der Waals surface area contributed by atoms with E-state index in [1.165, 1.54) is 22.0 Å². The van der Waals surface area contributed by atoms with Gasteiger partial charge >= 0.3 is 0 Å². The number of tetrazole rings is 1. The maximum Gasteiger partial charge on any atom is 0.276 e. The number of nitrogens with one attached hydrogen (secondary N) is 2. The first-order chi connectivity index (χ1) is 13.0. The summed E-state index contributed by atoms with van der Waals surface area (Å²) in [6, 6.07) is -0.773. The van der Waals surface area contributed by atoms with E-state index < -0.39 is 11.9 Å². The Morgan fingerprint density at radius 1 is 1.56 bits per heavy atom. The predicted molar refractivity (Wildman–Crippen MR) is 96.6 cm³/mol. The number of thioether (sulfide) groups is 1. The highest BCUT2D eigenvalue weighted by Crippen LogP contribution is 2.42. The topological polar surface area (TPSA) is 175 Å². The molecule has 2 amide bonds. The third kappa shape index (κ3) is 2.82. The molecule has 0 spiro atoms. The number of thiazole rings is 1. The highest BCUT2D eigenvalue weighted by Gasteiger charge is 2.53. The van der Waals surface area contributed by atoms with Crippen LogP contribution in [0.3, 0.4) is 0 Å². The van der Waals surface area contributed by atoms with Gasteiger partial charge in [-0.1, -0.05) is 5.16 Å². The third-order valence-electron chi connectivity index (χ3n) is 4.08. The molecule has 1 saturated heterocycles. The largest absolute Gasteiger partial charge is 0.410 e. The van der Waals surface area contributed by atoms with Crippen molar-refractivity contribution in [2.45, 2.75) is 18.3 Å². The van der Waals surface area contributed by atoms with Gasteiger partial charge in [0.2, 0.25) is 5.82 Å². The number of aromatic amines is 1. The molecule has 4 rings (SSSR count). The zero-order valence-electron chi connectivity index (χ0n) is 13.8. The van der Waals surface area contributed by atoms with Crippen molar-refractivity contribution in [2.24, 2.45) is 5.16 Å². The van der Waals surface area contributed by atoms with E-state index >= 15 is 0 Å². The van der Waals surface area contributed by atoms with E-state index in [-0.39, 0.29) is 27.8 Å². The number of hydrogen-bond donors (Lipinski definition) is 4. The van der Waals surface area contributed by atoms with E-state index in [9.17, 15) is 14.8 Å². The maximum absolute atomic E-state index is 12.7. The minimum atomic E-state index is -0.773. The summed E-state index contributed by atoms with van der Waals surface area (Å²) in [5, 5.41) is 30.0. The number of nitrogen functional groups attached to an aromatic ring is 1. The van der Waals surface area contributed by atoms with Crippen LogP contribution in [-0.2, 0) is 9.59 Å². The summed E-state index contributed by atoms with van der Waals surface area (Å²) in [6.45, 7) is 1.89. The minimum Gasteiger partial charge on any atom is -0.410 e. The Kier molecular flexibility index (Phi) is 4.27. The molecule has 2 aliphatic heterocycles. The number of rotatable bonds is 4. The van der Waals surface area contributed by atoms with Crippen LogP contribution in [0.1, 0.15) is 18.4 Å². The van der Waals surface area contributed by atoms with Crippen LogP contribution in [0.15, 0.2) is 16.1 Å². The Morgan fingerprint density at radius 3 is 3.00 bits per heavy atom. The molecule has 2 aliphatic rings. The second-order valence-corrected chi connectivity index (χ2v) is 7.74. The number of H-pyrrole nitrogens is 1. The summed E-state index contributed by atoms with van der Waals surface area (Å²) in [4.78, 5) is 30.6. The van der Waals surface area contributed by atoms with Crippen molar-refractivity contribution in [1.29, 1.82) is 0 Å². The quantitative estimate of drug-likeness (QED) is 0.220. The van der Waals surface area contributed by atoms with Crippen molar-refractivity contribution in [2.75, 3.05) is 11.5 Å². The Bertz CT molecular complexity index is 968. The van der Waals surface area contributed by atoms with Crippen LogP contribution in [0, 0.1) is 0 Å². The summed E-state index contributed by atoms with van der Waals surface area (Å²) in [7, 11) is 0. The van der Waals surface area contributed by atoms with Gasteiger partial charge in [-0.2, -0.15) is 5.21 Å². The lowest BCUT2D eigenvalue weighted by Crippen LogP contribution is -2.70. The smallest absolute Gasteiger partial charge is 0.276 e. The van der Waals surface area contributed by atoms with E-state index in [1.54, 1.807) is 0 Å². The van der Waals surface area contributed by atoms with Gasteiger partial charge in [0, 0.05) is 11.1 Å². The average molecular weight is 407 g/mol. The molecule has 2 aromatic heterocycles. The summed E-state index contributed by atoms with van der Waals surface area (Å²) in [6.07, 6.45) is 0. The number of hydrogen-bond acceptors (Lipinski definition) is 11. The second kappa shape index (κ2) is 6.62. The minimum absolute atomic E-state index is 0.139. The standard InChI is InChI=1S/C13H13N9O3S2/c1-4-2-26-12-7(11(24)22(12)8(4)9-17-20-21-18-9)16-10(23)6(19-25)5-3-27-13(14)15-5/h3,7,12,25H,2H2,1H3,(H2,14,15)(H,16,23)(H,17,18,20,21)/b19-6+/t7-,12-/m1/s1. The lowest BCUT2D eigenvalue weighted by atomic mass is 10.0. The van der Waals surface area contributed by atoms with Crippen molar-refractivity contribution in [3.05, 3.63) is 22.5 Å².